The highest BCUT2D eigenvalue weighted by atomic mass is 16.6. The first-order chi connectivity index (χ1) is 39.5. The Morgan fingerprint density at radius 3 is 0.762 bits per heavy atom. The van der Waals surface area contributed by atoms with Gasteiger partial charge in [0, 0.05) is 19.3 Å². The summed E-state index contributed by atoms with van der Waals surface area (Å²) >= 11 is 0. The molecule has 0 aliphatic rings. The van der Waals surface area contributed by atoms with Gasteiger partial charge >= 0.3 is 17.9 Å². The Balaban J connectivity index is 4.36. The van der Waals surface area contributed by atoms with Crippen LogP contribution in [0.15, 0.2) is 109 Å². The zero-order chi connectivity index (χ0) is 57.8. The van der Waals surface area contributed by atoms with Crippen molar-refractivity contribution in [2.75, 3.05) is 13.2 Å². The van der Waals surface area contributed by atoms with Crippen LogP contribution in [0.3, 0.4) is 0 Å². The van der Waals surface area contributed by atoms with Crippen molar-refractivity contribution in [1.82, 2.24) is 0 Å². The van der Waals surface area contributed by atoms with E-state index in [4.69, 9.17) is 14.2 Å². The fourth-order valence-corrected chi connectivity index (χ4v) is 9.50. The molecule has 0 heterocycles. The van der Waals surface area contributed by atoms with E-state index in [2.05, 4.69) is 130 Å². The lowest BCUT2D eigenvalue weighted by molar-refractivity contribution is -0.167. The molecule has 6 heteroatoms. The molecule has 0 aromatic carbocycles. The van der Waals surface area contributed by atoms with Crippen molar-refractivity contribution < 1.29 is 28.6 Å². The van der Waals surface area contributed by atoms with E-state index in [1.165, 1.54) is 161 Å². The summed E-state index contributed by atoms with van der Waals surface area (Å²) in [5, 5.41) is 0. The Bertz CT molecular complexity index is 1610. The Morgan fingerprint density at radius 1 is 0.263 bits per heavy atom. The quantitative estimate of drug-likeness (QED) is 0.0261. The van der Waals surface area contributed by atoms with E-state index >= 15 is 0 Å². The number of unbranched alkanes of at least 4 members (excludes halogenated alkanes) is 32. The van der Waals surface area contributed by atoms with Gasteiger partial charge in [-0.25, -0.2) is 0 Å². The van der Waals surface area contributed by atoms with Gasteiger partial charge in [0.25, 0.3) is 0 Å². The van der Waals surface area contributed by atoms with E-state index in [9.17, 15) is 14.4 Å². The largest absolute Gasteiger partial charge is 0.462 e. The average Bonchev–Trinajstić information content (AvgIpc) is 3.46. The Morgan fingerprint density at radius 2 is 0.487 bits per heavy atom. The van der Waals surface area contributed by atoms with Crippen LogP contribution in [0.4, 0.5) is 0 Å². The minimum absolute atomic E-state index is 0.0846. The minimum Gasteiger partial charge on any atom is -0.462 e. The van der Waals surface area contributed by atoms with Gasteiger partial charge in [-0.1, -0.05) is 323 Å². The second-order valence-electron chi connectivity index (χ2n) is 22.4. The number of allylic oxidation sites excluding steroid dienone is 18. The average molecular weight is 1110 g/mol. The topological polar surface area (TPSA) is 78.9 Å². The van der Waals surface area contributed by atoms with E-state index in [1.54, 1.807) is 0 Å². The maximum absolute atomic E-state index is 12.9. The van der Waals surface area contributed by atoms with Crippen LogP contribution in [0.25, 0.3) is 0 Å². The van der Waals surface area contributed by atoms with Gasteiger partial charge in [0.2, 0.25) is 0 Å². The van der Waals surface area contributed by atoms with Gasteiger partial charge in [-0.3, -0.25) is 14.4 Å². The standard InChI is InChI=1S/C74H126O6/c1-4-7-10-13-16-19-22-25-27-29-31-32-33-34-35-36-37-38-39-40-41-42-43-45-46-49-52-55-58-61-64-67-73(76)79-70-71(69-78-72(75)66-63-60-57-54-51-48-24-21-18-15-12-9-6-3)80-74(77)68-65-62-59-56-53-50-47-44-30-28-26-23-20-17-14-11-8-5-2/h7,10,16,19,25,27,31-32,34-35,37-38,40-41,43,45,49,52,71H,4-6,8-9,11-15,17-18,20-24,26,28-30,33,36,39,42,44,46-48,50-51,53-70H2,1-3H3/b10-7-,19-16-,27-25-,32-31-,35-34-,38-37-,41-40-,45-43-,52-49-. The molecule has 6 nitrogen and oxygen atoms in total. The van der Waals surface area contributed by atoms with Gasteiger partial charge in [-0.05, 0) is 89.9 Å². The van der Waals surface area contributed by atoms with Crippen molar-refractivity contribution >= 4 is 17.9 Å². The van der Waals surface area contributed by atoms with Gasteiger partial charge in [0.05, 0.1) is 0 Å². The van der Waals surface area contributed by atoms with Crippen LogP contribution in [-0.2, 0) is 28.6 Å². The molecule has 458 valence electrons. The molecule has 0 saturated heterocycles. The molecule has 0 aromatic rings. The molecule has 0 fully saturated rings. The Kier molecular flexibility index (Phi) is 64.3. The van der Waals surface area contributed by atoms with E-state index in [1.807, 2.05) is 0 Å². The smallest absolute Gasteiger partial charge is 0.306 e. The SMILES string of the molecule is CC/C=C\C/C=C\C/C=C\C/C=C\C/C=C\C/C=C\C/C=C\C/C=C\C/C=C\CCCCCC(=O)OCC(COC(=O)CCCCCCCCCCCCCCC)OC(=O)CCCCCCCCCCCCCCCCCCCC. The summed E-state index contributed by atoms with van der Waals surface area (Å²) in [5.74, 6) is -0.905. The van der Waals surface area contributed by atoms with Crippen LogP contribution in [0.5, 0.6) is 0 Å². The highest BCUT2D eigenvalue weighted by Gasteiger charge is 2.19. The third-order valence-electron chi connectivity index (χ3n) is 14.5. The van der Waals surface area contributed by atoms with Crippen molar-refractivity contribution in [3.8, 4) is 0 Å². The maximum Gasteiger partial charge on any atom is 0.306 e. The Labute approximate surface area is 495 Å². The number of rotatable bonds is 61. The predicted octanol–water partition coefficient (Wildman–Crippen LogP) is 23.4. The van der Waals surface area contributed by atoms with Gasteiger partial charge in [-0.2, -0.15) is 0 Å². The number of carbonyl (C=O) groups is 3. The molecule has 0 aliphatic heterocycles. The molecule has 0 spiro atoms. The number of carbonyl (C=O) groups excluding carboxylic acids is 3. The van der Waals surface area contributed by atoms with E-state index in [0.717, 1.165) is 122 Å². The first kappa shape index (κ1) is 76.1. The lowest BCUT2D eigenvalue weighted by Crippen LogP contribution is -2.30. The fraction of sp³-hybridized carbons (Fsp3) is 0.716. The molecule has 0 N–H and O–H groups in total. The van der Waals surface area contributed by atoms with Crippen LogP contribution in [0.2, 0.25) is 0 Å². The zero-order valence-electron chi connectivity index (χ0n) is 52.6. The first-order valence-corrected chi connectivity index (χ1v) is 33.9. The first-order valence-electron chi connectivity index (χ1n) is 33.9. The lowest BCUT2D eigenvalue weighted by Gasteiger charge is -2.18. The van der Waals surface area contributed by atoms with Gasteiger partial charge in [-0.15, -0.1) is 0 Å². The summed E-state index contributed by atoms with van der Waals surface area (Å²) in [6, 6.07) is 0. The van der Waals surface area contributed by atoms with Crippen LogP contribution in [-0.4, -0.2) is 37.2 Å². The third-order valence-corrected chi connectivity index (χ3v) is 14.5. The van der Waals surface area contributed by atoms with Crippen molar-refractivity contribution in [3.05, 3.63) is 109 Å². The summed E-state index contributed by atoms with van der Waals surface area (Å²) in [4.78, 5) is 38.3. The molecule has 0 amide bonds. The molecule has 0 radical (unpaired) electrons. The van der Waals surface area contributed by atoms with E-state index in [-0.39, 0.29) is 31.1 Å². The van der Waals surface area contributed by atoms with Crippen molar-refractivity contribution in [3.63, 3.8) is 0 Å². The van der Waals surface area contributed by atoms with Crippen LogP contribution < -0.4 is 0 Å². The van der Waals surface area contributed by atoms with Crippen molar-refractivity contribution in [1.29, 1.82) is 0 Å². The number of esters is 3. The monoisotopic (exact) mass is 1110 g/mol. The van der Waals surface area contributed by atoms with Gasteiger partial charge < -0.3 is 14.2 Å². The second-order valence-corrected chi connectivity index (χ2v) is 22.4. The molecular weight excluding hydrogens is 985 g/mol. The minimum atomic E-state index is -0.791. The molecule has 1 unspecified atom stereocenters. The lowest BCUT2D eigenvalue weighted by atomic mass is 10.0. The second kappa shape index (κ2) is 67.6. The molecule has 80 heavy (non-hydrogen) atoms. The molecule has 1 atom stereocenters. The highest BCUT2D eigenvalue weighted by molar-refractivity contribution is 5.71. The van der Waals surface area contributed by atoms with Crippen LogP contribution >= 0.6 is 0 Å². The number of hydrogen-bond donors (Lipinski definition) is 0. The van der Waals surface area contributed by atoms with Gasteiger partial charge in [0.1, 0.15) is 13.2 Å². The highest BCUT2D eigenvalue weighted by Crippen LogP contribution is 2.17. The Hall–Kier alpha value is -3.93. The number of hydrogen-bond acceptors (Lipinski definition) is 6. The molecule has 0 rings (SSSR count). The van der Waals surface area contributed by atoms with Crippen molar-refractivity contribution in [2.45, 2.75) is 329 Å². The van der Waals surface area contributed by atoms with Crippen LogP contribution in [0.1, 0.15) is 323 Å². The molecule has 0 saturated carbocycles. The van der Waals surface area contributed by atoms with Crippen molar-refractivity contribution in [2.24, 2.45) is 0 Å². The summed E-state index contributed by atoms with van der Waals surface area (Å²) in [6.07, 6.45) is 92.4. The van der Waals surface area contributed by atoms with E-state index in [0.29, 0.717) is 19.3 Å². The normalized spacial score (nSPS) is 12.8. The summed E-state index contributed by atoms with van der Waals surface area (Å²) in [7, 11) is 0. The summed E-state index contributed by atoms with van der Waals surface area (Å²) in [5.41, 5.74) is 0. The summed E-state index contributed by atoms with van der Waals surface area (Å²) in [6.45, 7) is 6.53. The summed E-state index contributed by atoms with van der Waals surface area (Å²) < 4.78 is 16.9. The van der Waals surface area contributed by atoms with Crippen LogP contribution in [0, 0.1) is 0 Å². The zero-order valence-corrected chi connectivity index (χ0v) is 52.6. The third kappa shape index (κ3) is 64.9. The molecular formula is C74H126O6. The maximum atomic E-state index is 12.9. The predicted molar refractivity (Wildman–Crippen MR) is 348 cm³/mol. The number of ether oxygens (including phenoxy) is 3. The fourth-order valence-electron chi connectivity index (χ4n) is 9.50. The van der Waals surface area contributed by atoms with E-state index < -0.39 is 6.10 Å². The molecule has 0 aliphatic carbocycles. The van der Waals surface area contributed by atoms with Gasteiger partial charge in [0.15, 0.2) is 6.10 Å². The molecule has 0 aromatic heterocycles. The molecule has 0 bridgehead atoms.